The zero-order valence-corrected chi connectivity index (χ0v) is 10.8. The molecule has 0 atom stereocenters. The number of halogens is 1. The molecule has 0 radical (unpaired) electrons. The van der Waals surface area contributed by atoms with Crippen molar-refractivity contribution in [2.45, 2.75) is 20.8 Å². The summed E-state index contributed by atoms with van der Waals surface area (Å²) >= 11 is 5.80. The molecule has 0 spiro atoms. The van der Waals surface area contributed by atoms with Crippen LogP contribution in [0.4, 0.5) is 0 Å². The van der Waals surface area contributed by atoms with Gasteiger partial charge < -0.3 is 5.32 Å². The van der Waals surface area contributed by atoms with Crippen LogP contribution in [0.3, 0.4) is 0 Å². The predicted octanol–water partition coefficient (Wildman–Crippen LogP) is 2.99. The highest BCUT2D eigenvalue weighted by molar-refractivity contribution is 6.18. The van der Waals surface area contributed by atoms with Gasteiger partial charge in [-0.25, -0.2) is 0 Å². The number of aryl methyl sites for hydroxylation is 1. The highest BCUT2D eigenvalue weighted by Crippen LogP contribution is 2.15. The molecule has 1 amide bonds. The second-order valence-corrected chi connectivity index (χ2v) is 5.12. The first kappa shape index (κ1) is 13.0. The van der Waals surface area contributed by atoms with Gasteiger partial charge in [-0.15, -0.1) is 11.6 Å². The van der Waals surface area contributed by atoms with Gasteiger partial charge in [0.2, 0.25) is 0 Å². The molecule has 0 saturated heterocycles. The molecule has 2 nitrogen and oxygen atoms in total. The first-order valence-corrected chi connectivity index (χ1v) is 5.89. The van der Waals surface area contributed by atoms with Crippen molar-refractivity contribution in [2.75, 3.05) is 12.4 Å². The van der Waals surface area contributed by atoms with Gasteiger partial charge in [-0.05, 0) is 24.5 Å². The Morgan fingerprint density at radius 1 is 1.44 bits per heavy atom. The van der Waals surface area contributed by atoms with Gasteiger partial charge >= 0.3 is 0 Å². The maximum atomic E-state index is 11.8. The molecular weight excluding hydrogens is 222 g/mol. The number of alkyl halides is 1. The van der Waals surface area contributed by atoms with Crippen LogP contribution in [0.15, 0.2) is 24.3 Å². The number of amides is 1. The fourth-order valence-electron chi connectivity index (χ4n) is 1.26. The minimum atomic E-state index is -0.0684. The van der Waals surface area contributed by atoms with E-state index in [9.17, 15) is 4.79 Å². The van der Waals surface area contributed by atoms with Crippen LogP contribution in [0.5, 0.6) is 0 Å². The van der Waals surface area contributed by atoms with E-state index in [0.717, 1.165) is 5.56 Å². The van der Waals surface area contributed by atoms with Crippen molar-refractivity contribution in [1.29, 1.82) is 0 Å². The summed E-state index contributed by atoms with van der Waals surface area (Å²) in [7, 11) is 0. The van der Waals surface area contributed by atoms with Gasteiger partial charge in [-0.2, -0.15) is 0 Å². The quantitative estimate of drug-likeness (QED) is 0.805. The van der Waals surface area contributed by atoms with Crippen LogP contribution < -0.4 is 5.32 Å². The largest absolute Gasteiger partial charge is 0.351 e. The van der Waals surface area contributed by atoms with Crippen LogP contribution in [0.2, 0.25) is 0 Å². The van der Waals surface area contributed by atoms with Crippen LogP contribution >= 0.6 is 11.6 Å². The van der Waals surface area contributed by atoms with Crippen molar-refractivity contribution in [2.24, 2.45) is 5.41 Å². The first-order valence-electron chi connectivity index (χ1n) is 5.35. The fourth-order valence-corrected chi connectivity index (χ4v) is 1.35. The van der Waals surface area contributed by atoms with Gasteiger partial charge in [0.05, 0.1) is 0 Å². The van der Waals surface area contributed by atoms with E-state index in [1.54, 1.807) is 0 Å². The van der Waals surface area contributed by atoms with Crippen molar-refractivity contribution in [3.8, 4) is 0 Å². The smallest absolute Gasteiger partial charge is 0.251 e. The number of nitrogens with one attached hydrogen (secondary N) is 1. The Balaban J connectivity index is 2.60. The van der Waals surface area contributed by atoms with Crippen molar-refractivity contribution >= 4 is 17.5 Å². The third-order valence-corrected chi connectivity index (χ3v) is 3.09. The lowest BCUT2D eigenvalue weighted by Crippen LogP contribution is -2.34. The topological polar surface area (TPSA) is 29.1 Å². The van der Waals surface area contributed by atoms with E-state index >= 15 is 0 Å². The van der Waals surface area contributed by atoms with Crippen LogP contribution in [0, 0.1) is 12.3 Å². The SMILES string of the molecule is Cc1cccc(C(=O)NCC(C)(C)CCl)c1. The number of carbonyl (C=O) groups is 1. The summed E-state index contributed by atoms with van der Waals surface area (Å²) in [4.78, 5) is 11.8. The third-order valence-electron chi connectivity index (χ3n) is 2.37. The van der Waals surface area contributed by atoms with E-state index in [1.807, 2.05) is 45.0 Å². The minimum absolute atomic E-state index is 0.0399. The van der Waals surface area contributed by atoms with Crippen molar-refractivity contribution in [1.82, 2.24) is 5.32 Å². The lowest BCUT2D eigenvalue weighted by molar-refractivity contribution is 0.0940. The lowest BCUT2D eigenvalue weighted by atomic mass is 9.96. The molecule has 1 aromatic carbocycles. The molecule has 0 fully saturated rings. The van der Waals surface area contributed by atoms with Crippen LogP contribution in [-0.2, 0) is 0 Å². The Morgan fingerprint density at radius 2 is 2.12 bits per heavy atom. The van der Waals surface area contributed by atoms with Gasteiger partial charge in [-0.3, -0.25) is 4.79 Å². The van der Waals surface area contributed by atoms with E-state index in [1.165, 1.54) is 0 Å². The highest BCUT2D eigenvalue weighted by atomic mass is 35.5. The Morgan fingerprint density at radius 3 is 2.69 bits per heavy atom. The molecule has 0 saturated carbocycles. The molecule has 3 heteroatoms. The van der Waals surface area contributed by atoms with Crippen LogP contribution in [0.1, 0.15) is 29.8 Å². The molecule has 16 heavy (non-hydrogen) atoms. The molecule has 0 aliphatic carbocycles. The molecule has 0 bridgehead atoms. The summed E-state index contributed by atoms with van der Waals surface area (Å²) in [6.07, 6.45) is 0. The van der Waals surface area contributed by atoms with Crippen molar-refractivity contribution < 1.29 is 4.79 Å². The van der Waals surface area contributed by atoms with Gasteiger partial charge in [-0.1, -0.05) is 31.5 Å². The number of hydrogen-bond acceptors (Lipinski definition) is 1. The zero-order chi connectivity index (χ0) is 12.2. The van der Waals surface area contributed by atoms with E-state index in [4.69, 9.17) is 11.6 Å². The monoisotopic (exact) mass is 239 g/mol. The number of hydrogen-bond donors (Lipinski definition) is 1. The number of benzene rings is 1. The molecule has 0 aromatic heterocycles. The van der Waals surface area contributed by atoms with Crippen LogP contribution in [0.25, 0.3) is 0 Å². The predicted molar refractivity (Wildman–Crippen MR) is 68.0 cm³/mol. The van der Waals surface area contributed by atoms with E-state index < -0.39 is 0 Å². The maximum absolute atomic E-state index is 11.8. The van der Waals surface area contributed by atoms with Gasteiger partial charge in [0, 0.05) is 18.0 Å². The summed E-state index contributed by atoms with van der Waals surface area (Å²) in [6.45, 7) is 6.61. The summed E-state index contributed by atoms with van der Waals surface area (Å²) in [5, 5.41) is 2.89. The average Bonchev–Trinajstić information content (AvgIpc) is 2.26. The zero-order valence-electron chi connectivity index (χ0n) is 10.0. The standard InChI is InChI=1S/C13H18ClNO/c1-10-5-4-6-11(7-10)12(16)15-9-13(2,3)8-14/h4-7H,8-9H2,1-3H3,(H,15,16). The Kier molecular flexibility index (Phi) is 4.36. The first-order chi connectivity index (χ1) is 7.44. The summed E-state index contributed by atoms with van der Waals surface area (Å²) in [6, 6.07) is 7.55. The molecule has 1 N–H and O–H groups in total. The normalized spacial score (nSPS) is 11.2. The van der Waals surface area contributed by atoms with E-state index in [-0.39, 0.29) is 11.3 Å². The maximum Gasteiger partial charge on any atom is 0.251 e. The fraction of sp³-hybridized carbons (Fsp3) is 0.462. The van der Waals surface area contributed by atoms with Gasteiger partial charge in [0.1, 0.15) is 0 Å². The van der Waals surface area contributed by atoms with Crippen molar-refractivity contribution in [3.63, 3.8) is 0 Å². The lowest BCUT2D eigenvalue weighted by Gasteiger charge is -2.21. The van der Waals surface area contributed by atoms with Crippen LogP contribution in [-0.4, -0.2) is 18.3 Å². The van der Waals surface area contributed by atoms with E-state index in [0.29, 0.717) is 18.0 Å². The molecule has 0 aliphatic heterocycles. The van der Waals surface area contributed by atoms with Gasteiger partial charge in [0.25, 0.3) is 5.91 Å². The molecule has 1 rings (SSSR count). The average molecular weight is 240 g/mol. The summed E-state index contributed by atoms with van der Waals surface area (Å²) in [5.41, 5.74) is 1.72. The molecule has 0 aliphatic rings. The molecule has 88 valence electrons. The Bertz CT molecular complexity index is 374. The summed E-state index contributed by atoms with van der Waals surface area (Å²) < 4.78 is 0. The second kappa shape index (κ2) is 5.35. The Hall–Kier alpha value is -1.02. The third kappa shape index (κ3) is 3.86. The molecular formula is C13H18ClNO. The van der Waals surface area contributed by atoms with Gasteiger partial charge in [0.15, 0.2) is 0 Å². The highest BCUT2D eigenvalue weighted by Gasteiger charge is 2.17. The molecule has 0 unspecified atom stereocenters. The molecule has 0 heterocycles. The minimum Gasteiger partial charge on any atom is -0.351 e. The second-order valence-electron chi connectivity index (χ2n) is 4.85. The number of carbonyl (C=O) groups excluding carboxylic acids is 1. The molecule has 1 aromatic rings. The number of rotatable bonds is 4. The Labute approximate surface area is 102 Å². The summed E-state index contributed by atoms with van der Waals surface area (Å²) in [5.74, 6) is 0.489. The van der Waals surface area contributed by atoms with Crippen molar-refractivity contribution in [3.05, 3.63) is 35.4 Å². The van der Waals surface area contributed by atoms with E-state index in [2.05, 4.69) is 5.32 Å².